The molecule has 0 spiro atoms. The average Bonchev–Trinajstić information content (AvgIpc) is 2.70. The lowest BCUT2D eigenvalue weighted by Crippen LogP contribution is -2.27. The normalized spacial score (nSPS) is 10.5. The van der Waals surface area contributed by atoms with Gasteiger partial charge in [0, 0.05) is 24.3 Å². The maximum absolute atomic E-state index is 12.8. The molecule has 0 saturated carbocycles. The molecule has 7 nitrogen and oxygen atoms in total. The number of nitrogens with one attached hydrogen (secondary N) is 2. The molecular weight excluding hydrogens is 360 g/mol. The van der Waals surface area contributed by atoms with Crippen molar-refractivity contribution in [2.45, 2.75) is 19.9 Å². The highest BCUT2D eigenvalue weighted by Crippen LogP contribution is 2.32. The van der Waals surface area contributed by atoms with E-state index in [0.29, 0.717) is 46.9 Å². The van der Waals surface area contributed by atoms with Crippen molar-refractivity contribution in [1.29, 1.82) is 0 Å². The van der Waals surface area contributed by atoms with E-state index in [2.05, 4.69) is 24.5 Å². The molecule has 0 aliphatic rings. The summed E-state index contributed by atoms with van der Waals surface area (Å²) in [5, 5.41) is 6.13. The number of carbonyl (C=O) groups is 1. The van der Waals surface area contributed by atoms with Gasteiger partial charge in [0.1, 0.15) is 23.7 Å². The summed E-state index contributed by atoms with van der Waals surface area (Å²) in [5.41, 5.74) is 0.897. The molecule has 0 aromatic heterocycles. The Balaban J connectivity index is 2.13. The van der Waals surface area contributed by atoms with Crippen LogP contribution in [0.2, 0.25) is 0 Å². The van der Waals surface area contributed by atoms with Crippen molar-refractivity contribution in [3.63, 3.8) is 0 Å². The lowest BCUT2D eigenvalue weighted by Gasteiger charge is -2.15. The summed E-state index contributed by atoms with van der Waals surface area (Å²) in [6.07, 6.45) is 0. The fraction of sp³-hybridized carbons (Fsp3) is 0.381. The summed E-state index contributed by atoms with van der Waals surface area (Å²) in [6, 6.07) is 10.8. The fourth-order valence-electron chi connectivity index (χ4n) is 2.64. The Morgan fingerprint density at radius 3 is 2.14 bits per heavy atom. The van der Waals surface area contributed by atoms with Gasteiger partial charge in [-0.15, -0.1) is 0 Å². The van der Waals surface area contributed by atoms with Crippen LogP contribution in [0.1, 0.15) is 24.2 Å². The highest BCUT2D eigenvalue weighted by molar-refractivity contribution is 6.08. The molecule has 152 valence electrons. The van der Waals surface area contributed by atoms with Crippen molar-refractivity contribution in [1.82, 2.24) is 5.32 Å². The Hall–Kier alpha value is -2.93. The molecule has 0 saturated heterocycles. The minimum atomic E-state index is -0.342. The summed E-state index contributed by atoms with van der Waals surface area (Å²) in [6.45, 7) is 5.40. The van der Waals surface area contributed by atoms with Crippen LogP contribution in [0.5, 0.6) is 23.0 Å². The molecule has 0 fully saturated rings. The van der Waals surface area contributed by atoms with Gasteiger partial charge in [-0.1, -0.05) is 19.9 Å². The van der Waals surface area contributed by atoms with Gasteiger partial charge in [-0.25, -0.2) is 0 Å². The molecule has 0 radical (unpaired) electrons. The molecule has 0 heterocycles. The van der Waals surface area contributed by atoms with Crippen molar-refractivity contribution in [3.05, 3.63) is 42.0 Å². The summed E-state index contributed by atoms with van der Waals surface area (Å²) in [4.78, 5) is 12.8. The van der Waals surface area contributed by atoms with Gasteiger partial charge < -0.3 is 29.6 Å². The molecule has 0 atom stereocenters. The predicted molar refractivity (Wildman–Crippen MR) is 109 cm³/mol. The highest BCUT2D eigenvalue weighted by Gasteiger charge is 2.19. The number of hydrogen-bond donors (Lipinski definition) is 2. The number of methoxy groups -OCH3 is 3. The SMILES string of the molecule is COc1cc(NC(=O)c2c(OC)cccc2OC)ccc1OCCNC(C)C. The zero-order valence-electron chi connectivity index (χ0n) is 17.0. The van der Waals surface area contributed by atoms with Crippen molar-refractivity contribution in [2.75, 3.05) is 39.8 Å². The maximum atomic E-state index is 12.8. The predicted octanol–water partition coefficient (Wildman–Crippen LogP) is 3.34. The van der Waals surface area contributed by atoms with Gasteiger partial charge in [0.05, 0.1) is 21.3 Å². The summed E-state index contributed by atoms with van der Waals surface area (Å²) < 4.78 is 21.7. The van der Waals surface area contributed by atoms with Crippen LogP contribution in [0.4, 0.5) is 5.69 Å². The second kappa shape index (κ2) is 10.4. The number of amides is 1. The van der Waals surface area contributed by atoms with Crippen LogP contribution in [0.25, 0.3) is 0 Å². The van der Waals surface area contributed by atoms with Crippen LogP contribution in [0, 0.1) is 0 Å². The van der Waals surface area contributed by atoms with Gasteiger partial charge in [-0.2, -0.15) is 0 Å². The van der Waals surface area contributed by atoms with Gasteiger partial charge in [0.15, 0.2) is 11.5 Å². The van der Waals surface area contributed by atoms with Crippen LogP contribution in [0.3, 0.4) is 0 Å². The smallest absolute Gasteiger partial charge is 0.263 e. The Labute approximate surface area is 165 Å². The number of benzene rings is 2. The van der Waals surface area contributed by atoms with Gasteiger partial charge in [-0.05, 0) is 24.3 Å². The molecule has 0 aliphatic heterocycles. The van der Waals surface area contributed by atoms with Crippen LogP contribution >= 0.6 is 0 Å². The first kappa shape index (κ1) is 21.4. The van der Waals surface area contributed by atoms with Crippen molar-refractivity contribution < 1.29 is 23.7 Å². The Morgan fingerprint density at radius 1 is 0.929 bits per heavy atom. The Bertz CT molecular complexity index is 770. The van der Waals surface area contributed by atoms with E-state index >= 15 is 0 Å². The molecule has 1 amide bonds. The molecule has 2 aromatic carbocycles. The van der Waals surface area contributed by atoms with Gasteiger partial charge in [-0.3, -0.25) is 4.79 Å². The van der Waals surface area contributed by atoms with Crippen LogP contribution in [-0.2, 0) is 0 Å². The van der Waals surface area contributed by atoms with E-state index in [9.17, 15) is 4.79 Å². The van der Waals surface area contributed by atoms with Crippen molar-refractivity contribution >= 4 is 11.6 Å². The van der Waals surface area contributed by atoms with E-state index in [4.69, 9.17) is 18.9 Å². The van der Waals surface area contributed by atoms with E-state index in [1.807, 2.05) is 0 Å². The van der Waals surface area contributed by atoms with E-state index < -0.39 is 0 Å². The van der Waals surface area contributed by atoms with E-state index in [1.165, 1.54) is 14.2 Å². The third-order valence-corrected chi connectivity index (χ3v) is 3.99. The van der Waals surface area contributed by atoms with E-state index in [1.54, 1.807) is 43.5 Å². The Kier molecular flexibility index (Phi) is 7.95. The van der Waals surface area contributed by atoms with Crippen LogP contribution in [0.15, 0.2) is 36.4 Å². The highest BCUT2D eigenvalue weighted by atomic mass is 16.5. The number of hydrogen-bond acceptors (Lipinski definition) is 6. The number of anilines is 1. The molecule has 28 heavy (non-hydrogen) atoms. The first-order valence-electron chi connectivity index (χ1n) is 9.06. The van der Waals surface area contributed by atoms with Gasteiger partial charge in [0.2, 0.25) is 0 Å². The standard InChI is InChI=1S/C21H28N2O5/c1-14(2)22-11-12-28-16-10-9-15(13-19(16)27-5)23-21(24)20-17(25-3)7-6-8-18(20)26-4/h6-10,13-14,22H,11-12H2,1-5H3,(H,23,24). The van der Waals surface area contributed by atoms with Gasteiger partial charge >= 0.3 is 0 Å². The molecule has 7 heteroatoms. The zero-order chi connectivity index (χ0) is 20.5. The lowest BCUT2D eigenvalue weighted by molar-refractivity contribution is 0.102. The fourth-order valence-corrected chi connectivity index (χ4v) is 2.64. The third-order valence-electron chi connectivity index (χ3n) is 3.99. The largest absolute Gasteiger partial charge is 0.496 e. The molecule has 2 aromatic rings. The first-order chi connectivity index (χ1) is 13.5. The average molecular weight is 388 g/mol. The third kappa shape index (κ3) is 5.53. The van der Waals surface area contributed by atoms with Crippen LogP contribution < -0.4 is 29.6 Å². The van der Waals surface area contributed by atoms with Crippen molar-refractivity contribution in [2.24, 2.45) is 0 Å². The molecule has 0 aliphatic carbocycles. The summed E-state index contributed by atoms with van der Waals surface area (Å²) in [5.74, 6) is 1.67. The van der Waals surface area contributed by atoms with Gasteiger partial charge in [0.25, 0.3) is 5.91 Å². The quantitative estimate of drug-likeness (QED) is 0.608. The second-order valence-corrected chi connectivity index (χ2v) is 6.31. The lowest BCUT2D eigenvalue weighted by atomic mass is 10.1. The monoisotopic (exact) mass is 388 g/mol. The molecule has 2 N–H and O–H groups in total. The topological polar surface area (TPSA) is 78.1 Å². The zero-order valence-corrected chi connectivity index (χ0v) is 17.0. The maximum Gasteiger partial charge on any atom is 0.263 e. The van der Waals surface area contributed by atoms with E-state index in [0.717, 1.165) is 6.54 Å². The minimum absolute atomic E-state index is 0.326. The molecule has 2 rings (SSSR count). The first-order valence-corrected chi connectivity index (χ1v) is 9.06. The molecule has 0 unspecified atom stereocenters. The number of rotatable bonds is 10. The number of ether oxygens (including phenoxy) is 4. The second-order valence-electron chi connectivity index (χ2n) is 6.31. The van der Waals surface area contributed by atoms with E-state index in [-0.39, 0.29) is 5.91 Å². The summed E-state index contributed by atoms with van der Waals surface area (Å²) >= 11 is 0. The van der Waals surface area contributed by atoms with Crippen LogP contribution in [-0.4, -0.2) is 46.4 Å². The Morgan fingerprint density at radius 2 is 1.57 bits per heavy atom. The summed E-state index contributed by atoms with van der Waals surface area (Å²) in [7, 11) is 4.58. The minimum Gasteiger partial charge on any atom is -0.496 e. The number of carbonyl (C=O) groups excluding carboxylic acids is 1. The molecular formula is C21H28N2O5. The molecule has 0 bridgehead atoms. The van der Waals surface area contributed by atoms with Crippen molar-refractivity contribution in [3.8, 4) is 23.0 Å².